The monoisotopic (exact) mass is 355 g/mol. The number of hydrogen-bond donors (Lipinski definition) is 2. The van der Waals surface area contributed by atoms with Gasteiger partial charge in [-0.25, -0.2) is 9.18 Å². The molecule has 0 radical (unpaired) electrons. The number of pyridine rings is 1. The van der Waals surface area contributed by atoms with Crippen molar-refractivity contribution in [2.24, 2.45) is 0 Å². The number of halogens is 1. The van der Waals surface area contributed by atoms with Gasteiger partial charge in [-0.3, -0.25) is 4.98 Å². The zero-order valence-electron chi connectivity index (χ0n) is 14.0. The molecule has 2 heterocycles. The first-order valence-corrected chi connectivity index (χ1v) is 8.21. The highest BCUT2D eigenvalue weighted by atomic mass is 19.1. The van der Waals surface area contributed by atoms with Gasteiger partial charge in [0, 0.05) is 25.7 Å². The van der Waals surface area contributed by atoms with Gasteiger partial charge in [-0.05, 0) is 30.2 Å². The Bertz CT molecular complexity index is 854. The minimum atomic E-state index is -0.328. The summed E-state index contributed by atoms with van der Waals surface area (Å²) in [5.74, 6) is 0.557. The third kappa shape index (κ3) is 4.85. The molecule has 0 atom stereocenters. The van der Waals surface area contributed by atoms with Gasteiger partial charge in [0.05, 0.1) is 0 Å². The van der Waals surface area contributed by atoms with Gasteiger partial charge in [0.15, 0.2) is 0 Å². The van der Waals surface area contributed by atoms with E-state index in [1.807, 2.05) is 6.07 Å². The molecule has 1 aromatic carbocycles. The topological polar surface area (TPSA) is 92.9 Å². The van der Waals surface area contributed by atoms with Gasteiger partial charge in [-0.15, -0.1) is 0 Å². The van der Waals surface area contributed by atoms with Crippen LogP contribution in [0.4, 0.5) is 9.18 Å². The number of nitrogens with one attached hydrogen (secondary N) is 2. The molecular formula is C18H18FN5O2. The fraction of sp³-hybridized carbons (Fsp3) is 0.222. The van der Waals surface area contributed by atoms with E-state index < -0.39 is 0 Å². The van der Waals surface area contributed by atoms with Crippen LogP contribution in [-0.4, -0.2) is 34.2 Å². The lowest BCUT2D eigenvalue weighted by molar-refractivity contribution is 0.240. The number of nitrogens with zero attached hydrogens (tertiary/aromatic N) is 3. The van der Waals surface area contributed by atoms with Crippen LogP contribution in [0.25, 0.3) is 11.5 Å². The Hall–Kier alpha value is -3.29. The maximum absolute atomic E-state index is 13.5. The van der Waals surface area contributed by atoms with Crippen molar-refractivity contribution in [3.63, 3.8) is 0 Å². The van der Waals surface area contributed by atoms with Crippen LogP contribution in [0.2, 0.25) is 0 Å². The third-order valence-corrected chi connectivity index (χ3v) is 3.62. The maximum atomic E-state index is 13.5. The molecular weight excluding hydrogens is 337 g/mol. The summed E-state index contributed by atoms with van der Waals surface area (Å²) in [6, 6.07) is 11.6. The molecule has 0 aliphatic rings. The van der Waals surface area contributed by atoms with E-state index >= 15 is 0 Å². The van der Waals surface area contributed by atoms with Crippen LogP contribution in [0.15, 0.2) is 53.2 Å². The first-order chi connectivity index (χ1) is 12.7. The van der Waals surface area contributed by atoms with Crippen molar-refractivity contribution < 1.29 is 13.7 Å². The number of amides is 2. The highest BCUT2D eigenvalue weighted by Gasteiger charge is 2.09. The van der Waals surface area contributed by atoms with Gasteiger partial charge in [-0.2, -0.15) is 4.98 Å². The molecule has 0 aliphatic heterocycles. The highest BCUT2D eigenvalue weighted by Crippen LogP contribution is 2.11. The van der Waals surface area contributed by atoms with E-state index in [0.29, 0.717) is 48.9 Å². The lowest BCUT2D eigenvalue weighted by Crippen LogP contribution is -2.37. The van der Waals surface area contributed by atoms with Gasteiger partial charge >= 0.3 is 6.03 Å². The van der Waals surface area contributed by atoms with E-state index in [4.69, 9.17) is 4.52 Å². The van der Waals surface area contributed by atoms with Crippen molar-refractivity contribution >= 4 is 6.03 Å². The standard InChI is InChI=1S/C18H18FN5O2/c19-14-6-2-1-5-13(14)8-11-21-18(25)22-12-9-16-23-17(24-26-16)15-7-3-4-10-20-15/h1-7,10H,8-9,11-12H2,(H2,21,22,25). The van der Waals surface area contributed by atoms with Crippen LogP contribution in [0.3, 0.4) is 0 Å². The van der Waals surface area contributed by atoms with E-state index in [-0.39, 0.29) is 11.8 Å². The lowest BCUT2D eigenvalue weighted by atomic mass is 10.1. The van der Waals surface area contributed by atoms with E-state index in [2.05, 4.69) is 25.8 Å². The molecule has 0 bridgehead atoms. The molecule has 26 heavy (non-hydrogen) atoms. The van der Waals surface area contributed by atoms with Crippen molar-refractivity contribution in [3.05, 3.63) is 65.9 Å². The first-order valence-electron chi connectivity index (χ1n) is 8.21. The fourth-order valence-corrected chi connectivity index (χ4v) is 2.31. The number of carbonyl (C=O) groups excluding carboxylic acids is 1. The van der Waals surface area contributed by atoms with Crippen molar-refractivity contribution in [3.8, 4) is 11.5 Å². The van der Waals surface area contributed by atoms with Crippen LogP contribution in [-0.2, 0) is 12.8 Å². The second-order valence-corrected chi connectivity index (χ2v) is 5.50. The second-order valence-electron chi connectivity index (χ2n) is 5.50. The molecule has 0 saturated carbocycles. The molecule has 0 saturated heterocycles. The summed E-state index contributed by atoms with van der Waals surface area (Å²) in [5, 5.41) is 9.24. The highest BCUT2D eigenvalue weighted by molar-refractivity contribution is 5.73. The van der Waals surface area contributed by atoms with Crippen LogP contribution >= 0.6 is 0 Å². The normalized spacial score (nSPS) is 10.5. The lowest BCUT2D eigenvalue weighted by Gasteiger charge is -2.07. The molecule has 2 amide bonds. The third-order valence-electron chi connectivity index (χ3n) is 3.62. The average Bonchev–Trinajstić information content (AvgIpc) is 3.13. The Kier molecular flexibility index (Phi) is 5.87. The predicted molar refractivity (Wildman–Crippen MR) is 92.7 cm³/mol. The summed E-state index contributed by atoms with van der Waals surface area (Å²) in [4.78, 5) is 20.1. The quantitative estimate of drug-likeness (QED) is 0.679. The molecule has 134 valence electrons. The minimum Gasteiger partial charge on any atom is -0.339 e. The van der Waals surface area contributed by atoms with Crippen LogP contribution < -0.4 is 10.6 Å². The second kappa shape index (κ2) is 8.70. The van der Waals surface area contributed by atoms with Gasteiger partial charge in [-0.1, -0.05) is 29.4 Å². The first kappa shape index (κ1) is 17.5. The largest absolute Gasteiger partial charge is 0.339 e. The van der Waals surface area contributed by atoms with Crippen LogP contribution in [0, 0.1) is 5.82 Å². The summed E-state index contributed by atoms with van der Waals surface area (Å²) in [5.41, 5.74) is 1.20. The summed E-state index contributed by atoms with van der Waals surface area (Å²) in [6.45, 7) is 0.687. The Morgan fingerprint density at radius 2 is 1.81 bits per heavy atom. The molecule has 3 aromatic rings. The number of benzene rings is 1. The number of rotatable bonds is 7. The van der Waals surface area contributed by atoms with E-state index in [0.717, 1.165) is 0 Å². The molecule has 0 fully saturated rings. The predicted octanol–water partition coefficient (Wildman–Crippen LogP) is 2.36. The SMILES string of the molecule is O=C(NCCc1nc(-c2ccccn2)no1)NCCc1ccccc1F. The summed E-state index contributed by atoms with van der Waals surface area (Å²) >= 11 is 0. The Labute approximate surface area is 149 Å². The maximum Gasteiger partial charge on any atom is 0.314 e. The molecule has 2 aromatic heterocycles. The molecule has 0 spiro atoms. The zero-order valence-corrected chi connectivity index (χ0v) is 14.0. The van der Waals surface area contributed by atoms with Crippen molar-refractivity contribution in [2.45, 2.75) is 12.8 Å². The van der Waals surface area contributed by atoms with Gasteiger partial charge < -0.3 is 15.2 Å². The number of urea groups is 1. The smallest absolute Gasteiger partial charge is 0.314 e. The summed E-state index contributed by atoms with van der Waals surface area (Å²) in [6.07, 6.45) is 2.48. The van der Waals surface area contributed by atoms with Crippen molar-refractivity contribution in [2.75, 3.05) is 13.1 Å². The molecule has 8 heteroatoms. The number of aromatic nitrogens is 3. The molecule has 2 N–H and O–H groups in total. The van der Waals surface area contributed by atoms with E-state index in [9.17, 15) is 9.18 Å². The molecule has 0 unspecified atom stereocenters. The molecule has 3 rings (SSSR count). The summed E-state index contributed by atoms with van der Waals surface area (Å²) in [7, 11) is 0. The van der Waals surface area contributed by atoms with Gasteiger partial charge in [0.25, 0.3) is 0 Å². The van der Waals surface area contributed by atoms with Crippen molar-refractivity contribution in [1.29, 1.82) is 0 Å². The van der Waals surface area contributed by atoms with E-state index in [1.54, 1.807) is 36.5 Å². The molecule has 0 aliphatic carbocycles. The zero-order chi connectivity index (χ0) is 18.2. The number of carbonyl (C=O) groups is 1. The van der Waals surface area contributed by atoms with Gasteiger partial charge in [0.1, 0.15) is 11.5 Å². The Balaban J connectivity index is 1.38. The molecule has 7 nitrogen and oxygen atoms in total. The van der Waals surface area contributed by atoms with Crippen molar-refractivity contribution in [1.82, 2.24) is 25.8 Å². The fourth-order valence-electron chi connectivity index (χ4n) is 2.31. The van der Waals surface area contributed by atoms with Crippen LogP contribution in [0.5, 0.6) is 0 Å². The van der Waals surface area contributed by atoms with Crippen LogP contribution in [0.1, 0.15) is 11.5 Å². The number of hydrogen-bond acceptors (Lipinski definition) is 5. The summed E-state index contributed by atoms with van der Waals surface area (Å²) < 4.78 is 18.6. The Morgan fingerprint density at radius 1 is 1.04 bits per heavy atom. The average molecular weight is 355 g/mol. The van der Waals surface area contributed by atoms with E-state index in [1.165, 1.54) is 6.07 Å². The van der Waals surface area contributed by atoms with Gasteiger partial charge in [0.2, 0.25) is 11.7 Å². The Morgan fingerprint density at radius 3 is 2.58 bits per heavy atom. The minimum absolute atomic E-state index is 0.269.